The van der Waals surface area contributed by atoms with E-state index in [1.807, 2.05) is 0 Å². The van der Waals surface area contributed by atoms with Gasteiger partial charge in [-0.1, -0.05) is 0 Å². The van der Waals surface area contributed by atoms with Crippen molar-refractivity contribution in [3.63, 3.8) is 0 Å². The summed E-state index contributed by atoms with van der Waals surface area (Å²) in [7, 11) is 0. The van der Waals surface area contributed by atoms with E-state index in [0.717, 1.165) is 16.6 Å². The number of nitrogens with zero attached hydrogens (tertiary/aromatic N) is 4. The number of fused-ring (bicyclic) bond motifs is 1. The van der Waals surface area contributed by atoms with Gasteiger partial charge in [0.15, 0.2) is 0 Å². The number of alkyl halides is 4. The van der Waals surface area contributed by atoms with E-state index in [4.69, 9.17) is 0 Å². The standard InChI is InChI=1S/C14H9F6N5/c1-6-2-11(22-7-3-9(16)8(5-15)10(17)4-7)25-13(21-6)23-12(24-25)14(18,19)20/h2-4,22H,5H2,1H3. The van der Waals surface area contributed by atoms with Crippen molar-refractivity contribution in [2.24, 2.45) is 0 Å². The van der Waals surface area contributed by atoms with Crippen LogP contribution in [0.25, 0.3) is 5.78 Å². The Morgan fingerprint density at radius 3 is 2.28 bits per heavy atom. The minimum absolute atomic E-state index is 0.0442. The molecule has 1 N–H and O–H groups in total. The summed E-state index contributed by atoms with van der Waals surface area (Å²) >= 11 is 0. The normalized spacial score (nSPS) is 12.0. The molecule has 0 spiro atoms. The summed E-state index contributed by atoms with van der Waals surface area (Å²) in [5.41, 5.74) is -0.567. The Hall–Kier alpha value is -2.85. The number of anilines is 2. The highest BCUT2D eigenvalue weighted by atomic mass is 19.4. The van der Waals surface area contributed by atoms with Crippen LogP contribution in [0.2, 0.25) is 0 Å². The molecule has 2 aromatic heterocycles. The highest BCUT2D eigenvalue weighted by molar-refractivity contribution is 5.59. The molecule has 0 saturated carbocycles. The number of hydrogen-bond acceptors (Lipinski definition) is 4. The fraction of sp³-hybridized carbons (Fsp3) is 0.214. The lowest BCUT2D eigenvalue weighted by atomic mass is 10.2. The van der Waals surface area contributed by atoms with Crippen LogP contribution in [0.1, 0.15) is 17.1 Å². The average molecular weight is 361 g/mol. The molecule has 0 aliphatic rings. The predicted molar refractivity (Wildman–Crippen MR) is 75.0 cm³/mol. The minimum Gasteiger partial charge on any atom is -0.340 e. The Morgan fingerprint density at radius 1 is 1.08 bits per heavy atom. The monoisotopic (exact) mass is 361 g/mol. The van der Waals surface area contributed by atoms with Crippen molar-refractivity contribution >= 4 is 17.3 Å². The van der Waals surface area contributed by atoms with E-state index < -0.39 is 35.9 Å². The lowest BCUT2D eigenvalue weighted by Crippen LogP contribution is -2.08. The van der Waals surface area contributed by atoms with E-state index in [-0.39, 0.29) is 17.3 Å². The summed E-state index contributed by atoms with van der Waals surface area (Å²) in [5, 5.41) is 5.84. The summed E-state index contributed by atoms with van der Waals surface area (Å²) in [5.74, 6) is -4.03. The second-order valence-corrected chi connectivity index (χ2v) is 5.10. The Morgan fingerprint density at radius 2 is 1.72 bits per heavy atom. The van der Waals surface area contributed by atoms with Crippen LogP contribution in [0.4, 0.5) is 37.8 Å². The first-order chi connectivity index (χ1) is 11.7. The molecule has 1 aromatic carbocycles. The third kappa shape index (κ3) is 3.21. The van der Waals surface area contributed by atoms with Crippen LogP contribution in [0.15, 0.2) is 18.2 Å². The van der Waals surface area contributed by atoms with Gasteiger partial charge in [-0.2, -0.15) is 22.7 Å². The van der Waals surface area contributed by atoms with E-state index >= 15 is 0 Å². The average Bonchev–Trinajstić information content (AvgIpc) is 2.91. The zero-order valence-corrected chi connectivity index (χ0v) is 12.5. The second kappa shape index (κ2) is 5.90. The molecule has 2 heterocycles. The van der Waals surface area contributed by atoms with Crippen LogP contribution >= 0.6 is 0 Å². The van der Waals surface area contributed by atoms with Gasteiger partial charge in [0.1, 0.15) is 24.1 Å². The van der Waals surface area contributed by atoms with Crippen molar-refractivity contribution < 1.29 is 26.3 Å². The van der Waals surface area contributed by atoms with Crippen LogP contribution in [0.3, 0.4) is 0 Å². The summed E-state index contributed by atoms with van der Waals surface area (Å²) in [6.45, 7) is 0.176. The van der Waals surface area contributed by atoms with Crippen molar-refractivity contribution in [1.82, 2.24) is 19.6 Å². The molecule has 3 rings (SSSR count). The van der Waals surface area contributed by atoms with Crippen molar-refractivity contribution in [3.8, 4) is 0 Å². The van der Waals surface area contributed by atoms with Gasteiger partial charge in [-0.15, -0.1) is 5.10 Å². The van der Waals surface area contributed by atoms with Gasteiger partial charge in [0.2, 0.25) is 0 Å². The van der Waals surface area contributed by atoms with Gasteiger partial charge in [-0.3, -0.25) is 0 Å². The second-order valence-electron chi connectivity index (χ2n) is 5.10. The third-order valence-electron chi connectivity index (χ3n) is 3.24. The quantitative estimate of drug-likeness (QED) is 0.718. The first-order valence-electron chi connectivity index (χ1n) is 6.81. The summed E-state index contributed by atoms with van der Waals surface area (Å²) in [6, 6.07) is 2.96. The molecular weight excluding hydrogens is 352 g/mol. The number of aryl methyl sites for hydroxylation is 1. The zero-order valence-electron chi connectivity index (χ0n) is 12.5. The molecule has 0 aliphatic heterocycles. The first-order valence-corrected chi connectivity index (χ1v) is 6.81. The molecule has 0 fully saturated rings. The Labute approximate surface area is 136 Å². The van der Waals surface area contributed by atoms with Gasteiger partial charge in [0, 0.05) is 17.4 Å². The van der Waals surface area contributed by atoms with Crippen LogP contribution in [0.5, 0.6) is 0 Å². The van der Waals surface area contributed by atoms with Gasteiger partial charge in [0.05, 0.1) is 5.56 Å². The number of hydrogen-bond donors (Lipinski definition) is 1. The molecule has 3 aromatic rings. The fourth-order valence-electron chi connectivity index (χ4n) is 2.15. The smallest absolute Gasteiger partial charge is 0.340 e. The number of benzene rings is 1. The summed E-state index contributed by atoms with van der Waals surface area (Å²) in [4.78, 5) is 7.11. The zero-order chi connectivity index (χ0) is 18.4. The van der Waals surface area contributed by atoms with Crippen LogP contribution < -0.4 is 5.32 Å². The topological polar surface area (TPSA) is 55.1 Å². The molecule has 0 unspecified atom stereocenters. The molecule has 25 heavy (non-hydrogen) atoms. The van der Waals surface area contributed by atoms with Crippen molar-refractivity contribution in [3.05, 3.63) is 46.9 Å². The van der Waals surface area contributed by atoms with Crippen LogP contribution in [0, 0.1) is 18.6 Å². The first kappa shape index (κ1) is 17.0. The van der Waals surface area contributed by atoms with Gasteiger partial charge in [-0.05, 0) is 19.1 Å². The Bertz CT molecular complexity index is 926. The van der Waals surface area contributed by atoms with Gasteiger partial charge < -0.3 is 5.32 Å². The summed E-state index contributed by atoms with van der Waals surface area (Å²) < 4.78 is 78.9. The maximum atomic E-state index is 13.7. The number of nitrogens with one attached hydrogen (secondary N) is 1. The minimum atomic E-state index is -4.78. The lowest BCUT2D eigenvalue weighted by molar-refractivity contribution is -0.144. The van der Waals surface area contributed by atoms with Gasteiger partial charge in [-0.25, -0.2) is 18.2 Å². The Balaban J connectivity index is 2.08. The maximum Gasteiger partial charge on any atom is 0.453 e. The largest absolute Gasteiger partial charge is 0.453 e. The highest BCUT2D eigenvalue weighted by Crippen LogP contribution is 2.28. The molecular formula is C14H9F6N5. The van der Waals surface area contributed by atoms with Gasteiger partial charge >= 0.3 is 6.18 Å². The lowest BCUT2D eigenvalue weighted by Gasteiger charge is -2.10. The van der Waals surface area contributed by atoms with E-state index in [1.54, 1.807) is 0 Å². The van der Waals surface area contributed by atoms with Crippen molar-refractivity contribution in [2.75, 3.05) is 5.32 Å². The van der Waals surface area contributed by atoms with Crippen LogP contribution in [-0.2, 0) is 12.9 Å². The number of aromatic nitrogens is 4. The molecule has 0 atom stereocenters. The maximum absolute atomic E-state index is 13.7. The van der Waals surface area contributed by atoms with E-state index in [1.165, 1.54) is 13.0 Å². The molecule has 132 valence electrons. The molecule has 11 heteroatoms. The van der Waals surface area contributed by atoms with Crippen LogP contribution in [-0.4, -0.2) is 19.6 Å². The van der Waals surface area contributed by atoms with E-state index in [2.05, 4.69) is 20.4 Å². The molecule has 0 amide bonds. The summed E-state index contributed by atoms with van der Waals surface area (Å²) in [6.07, 6.45) is -4.78. The van der Waals surface area contributed by atoms with Gasteiger partial charge in [0.25, 0.3) is 11.6 Å². The predicted octanol–water partition coefficient (Wildman–Crippen LogP) is 3.94. The third-order valence-corrected chi connectivity index (χ3v) is 3.24. The number of rotatable bonds is 3. The molecule has 0 saturated heterocycles. The van der Waals surface area contributed by atoms with Crippen molar-refractivity contribution in [2.45, 2.75) is 19.8 Å². The van der Waals surface area contributed by atoms with E-state index in [0.29, 0.717) is 5.69 Å². The number of halogens is 6. The molecule has 0 radical (unpaired) electrons. The SMILES string of the molecule is Cc1cc(Nc2cc(F)c(CF)c(F)c2)n2nc(C(F)(F)F)nc2n1. The van der Waals surface area contributed by atoms with E-state index in [9.17, 15) is 26.3 Å². The molecule has 0 aliphatic carbocycles. The fourth-order valence-corrected chi connectivity index (χ4v) is 2.15. The molecule has 5 nitrogen and oxygen atoms in total. The Kier molecular flexibility index (Phi) is 4.01. The van der Waals surface area contributed by atoms with Crippen molar-refractivity contribution in [1.29, 1.82) is 0 Å². The highest BCUT2D eigenvalue weighted by Gasteiger charge is 2.36. The molecule has 0 bridgehead atoms.